The van der Waals surface area contributed by atoms with Crippen LogP contribution in [0.1, 0.15) is 19.8 Å². The maximum absolute atomic E-state index is 6.21. The van der Waals surface area contributed by atoms with Crippen LogP contribution in [0.3, 0.4) is 0 Å². The van der Waals surface area contributed by atoms with Gasteiger partial charge in [0, 0.05) is 16.6 Å². The van der Waals surface area contributed by atoms with Crippen LogP contribution in [-0.2, 0) is 6.54 Å². The number of hydrogen-bond acceptors (Lipinski definition) is 2. The minimum Gasteiger partial charge on any atom is -0.383 e. The molecule has 0 aliphatic heterocycles. The molecule has 2 aromatic rings. The SMILES string of the molecule is CCCCn1cnc(-c2ccc(Br)cc2Cl)c1N. The van der Waals surface area contributed by atoms with E-state index >= 15 is 0 Å². The molecule has 0 unspecified atom stereocenters. The Balaban J connectivity index is 2.36. The third-order valence-electron chi connectivity index (χ3n) is 2.82. The molecule has 0 saturated carbocycles. The Morgan fingerprint density at radius 1 is 1.44 bits per heavy atom. The minimum absolute atomic E-state index is 0.650. The summed E-state index contributed by atoms with van der Waals surface area (Å²) in [7, 11) is 0. The average molecular weight is 329 g/mol. The summed E-state index contributed by atoms with van der Waals surface area (Å²) in [5.41, 5.74) is 7.73. The third kappa shape index (κ3) is 2.70. The number of nitrogen functional groups attached to an aromatic ring is 1. The van der Waals surface area contributed by atoms with E-state index in [-0.39, 0.29) is 0 Å². The smallest absolute Gasteiger partial charge is 0.131 e. The van der Waals surface area contributed by atoms with Gasteiger partial charge in [0.2, 0.25) is 0 Å². The lowest BCUT2D eigenvalue weighted by Crippen LogP contribution is -2.02. The predicted molar refractivity (Wildman–Crippen MR) is 79.7 cm³/mol. The van der Waals surface area contributed by atoms with Gasteiger partial charge in [-0.25, -0.2) is 4.98 Å². The molecular formula is C13H15BrClN3. The van der Waals surface area contributed by atoms with Crippen molar-refractivity contribution in [2.24, 2.45) is 0 Å². The summed E-state index contributed by atoms with van der Waals surface area (Å²) in [6.45, 7) is 3.04. The standard InChI is InChI=1S/C13H15BrClN3/c1-2-3-6-18-8-17-12(13(18)16)10-5-4-9(14)7-11(10)15/h4-5,7-8H,2-3,6,16H2,1H3. The summed E-state index contributed by atoms with van der Waals surface area (Å²) in [6, 6.07) is 5.71. The highest BCUT2D eigenvalue weighted by Gasteiger charge is 2.12. The number of rotatable bonds is 4. The third-order valence-corrected chi connectivity index (χ3v) is 3.62. The van der Waals surface area contributed by atoms with Crippen molar-refractivity contribution in [1.82, 2.24) is 9.55 Å². The first-order valence-electron chi connectivity index (χ1n) is 5.89. The highest BCUT2D eigenvalue weighted by Crippen LogP contribution is 2.32. The number of unbranched alkanes of at least 4 members (excludes halogenated alkanes) is 1. The maximum Gasteiger partial charge on any atom is 0.131 e. The van der Waals surface area contributed by atoms with E-state index in [1.54, 1.807) is 6.33 Å². The second kappa shape index (κ2) is 5.76. The zero-order valence-electron chi connectivity index (χ0n) is 10.2. The van der Waals surface area contributed by atoms with Crippen molar-refractivity contribution < 1.29 is 0 Å². The molecule has 18 heavy (non-hydrogen) atoms. The molecule has 1 heterocycles. The summed E-state index contributed by atoms with van der Waals surface area (Å²) in [5, 5.41) is 0.650. The molecule has 96 valence electrons. The van der Waals surface area contributed by atoms with E-state index in [0.29, 0.717) is 10.8 Å². The second-order valence-corrected chi connectivity index (χ2v) is 5.47. The van der Waals surface area contributed by atoms with Crippen molar-refractivity contribution in [2.45, 2.75) is 26.3 Å². The molecule has 2 rings (SSSR count). The molecule has 0 atom stereocenters. The summed E-state index contributed by atoms with van der Waals surface area (Å²) in [6.07, 6.45) is 4.00. The van der Waals surface area contributed by atoms with E-state index in [4.69, 9.17) is 17.3 Å². The van der Waals surface area contributed by atoms with Crippen LogP contribution in [0.5, 0.6) is 0 Å². The molecule has 0 aliphatic rings. The van der Waals surface area contributed by atoms with Crippen molar-refractivity contribution in [3.05, 3.63) is 34.0 Å². The van der Waals surface area contributed by atoms with E-state index in [1.807, 2.05) is 22.8 Å². The largest absolute Gasteiger partial charge is 0.383 e. The highest BCUT2D eigenvalue weighted by atomic mass is 79.9. The topological polar surface area (TPSA) is 43.8 Å². The summed E-state index contributed by atoms with van der Waals surface area (Å²) >= 11 is 9.60. The molecule has 3 nitrogen and oxygen atoms in total. The Kier molecular flexibility index (Phi) is 4.30. The van der Waals surface area contributed by atoms with Gasteiger partial charge in [0.1, 0.15) is 11.5 Å². The Bertz CT molecular complexity index is 551. The van der Waals surface area contributed by atoms with Gasteiger partial charge in [0.05, 0.1) is 11.3 Å². The molecule has 0 amide bonds. The van der Waals surface area contributed by atoms with Gasteiger partial charge >= 0.3 is 0 Å². The molecule has 0 spiro atoms. The monoisotopic (exact) mass is 327 g/mol. The van der Waals surface area contributed by atoms with Crippen molar-refractivity contribution in [2.75, 3.05) is 5.73 Å². The first-order chi connectivity index (χ1) is 8.63. The van der Waals surface area contributed by atoms with Crippen LogP contribution < -0.4 is 5.73 Å². The predicted octanol–water partition coefficient (Wildman–Crippen LogP) is 4.35. The first-order valence-corrected chi connectivity index (χ1v) is 7.06. The van der Waals surface area contributed by atoms with E-state index in [2.05, 4.69) is 27.8 Å². The fraction of sp³-hybridized carbons (Fsp3) is 0.308. The van der Waals surface area contributed by atoms with Gasteiger partial charge in [-0.1, -0.05) is 46.9 Å². The molecule has 0 radical (unpaired) electrons. The second-order valence-electron chi connectivity index (χ2n) is 4.15. The van der Waals surface area contributed by atoms with Crippen LogP contribution >= 0.6 is 27.5 Å². The van der Waals surface area contributed by atoms with Crippen molar-refractivity contribution in [3.63, 3.8) is 0 Å². The van der Waals surface area contributed by atoms with Crippen molar-refractivity contribution in [3.8, 4) is 11.3 Å². The Morgan fingerprint density at radius 2 is 2.22 bits per heavy atom. The number of nitrogens with zero attached hydrogens (tertiary/aromatic N) is 2. The van der Waals surface area contributed by atoms with Crippen LogP contribution in [0.25, 0.3) is 11.3 Å². The van der Waals surface area contributed by atoms with E-state index < -0.39 is 0 Å². The van der Waals surface area contributed by atoms with Crippen LogP contribution in [0.15, 0.2) is 29.0 Å². The number of halogens is 2. The number of aryl methyl sites for hydroxylation is 1. The molecule has 0 fully saturated rings. The molecule has 1 aromatic heterocycles. The molecule has 5 heteroatoms. The number of hydrogen-bond donors (Lipinski definition) is 1. The summed E-state index contributed by atoms with van der Waals surface area (Å²) in [4.78, 5) is 4.37. The van der Waals surface area contributed by atoms with E-state index in [9.17, 15) is 0 Å². The lowest BCUT2D eigenvalue weighted by atomic mass is 10.1. The normalized spacial score (nSPS) is 10.8. The van der Waals surface area contributed by atoms with E-state index in [1.165, 1.54) is 0 Å². The molecule has 1 aromatic carbocycles. The zero-order valence-corrected chi connectivity index (χ0v) is 12.5. The Hall–Kier alpha value is -1.00. The Morgan fingerprint density at radius 3 is 2.89 bits per heavy atom. The number of imidazole rings is 1. The Labute approximate surface area is 120 Å². The lowest BCUT2D eigenvalue weighted by Gasteiger charge is -2.06. The number of benzene rings is 1. The van der Waals surface area contributed by atoms with Gasteiger partial charge in [0.25, 0.3) is 0 Å². The van der Waals surface area contributed by atoms with Crippen molar-refractivity contribution in [1.29, 1.82) is 0 Å². The summed E-state index contributed by atoms with van der Waals surface area (Å²) in [5.74, 6) is 0.674. The summed E-state index contributed by atoms with van der Waals surface area (Å²) < 4.78 is 2.91. The molecule has 2 N–H and O–H groups in total. The van der Waals surface area contributed by atoms with Gasteiger partial charge in [0.15, 0.2) is 0 Å². The van der Waals surface area contributed by atoms with Crippen LogP contribution in [0.4, 0.5) is 5.82 Å². The van der Waals surface area contributed by atoms with Crippen LogP contribution in [0.2, 0.25) is 5.02 Å². The quantitative estimate of drug-likeness (QED) is 0.907. The van der Waals surface area contributed by atoms with Crippen molar-refractivity contribution >= 4 is 33.3 Å². The number of anilines is 1. The van der Waals surface area contributed by atoms with Gasteiger partial charge in [-0.05, 0) is 18.6 Å². The van der Waals surface area contributed by atoms with Gasteiger partial charge in [-0.3, -0.25) is 0 Å². The molecule has 0 bridgehead atoms. The highest BCUT2D eigenvalue weighted by molar-refractivity contribution is 9.10. The van der Waals surface area contributed by atoms with Gasteiger partial charge < -0.3 is 10.3 Å². The fourth-order valence-corrected chi connectivity index (χ4v) is 2.55. The van der Waals surface area contributed by atoms with Gasteiger partial charge in [-0.2, -0.15) is 0 Å². The maximum atomic E-state index is 6.21. The molecular weight excluding hydrogens is 314 g/mol. The number of nitrogens with two attached hydrogens (primary N) is 1. The van der Waals surface area contributed by atoms with Crippen LogP contribution in [-0.4, -0.2) is 9.55 Å². The fourth-order valence-electron chi connectivity index (χ4n) is 1.79. The van der Waals surface area contributed by atoms with Crippen LogP contribution in [0, 0.1) is 0 Å². The average Bonchev–Trinajstić information content (AvgIpc) is 2.68. The molecule has 0 saturated heterocycles. The zero-order chi connectivity index (χ0) is 13.1. The lowest BCUT2D eigenvalue weighted by molar-refractivity contribution is 0.637. The molecule has 0 aliphatic carbocycles. The first kappa shape index (κ1) is 13.4. The van der Waals surface area contributed by atoms with E-state index in [0.717, 1.165) is 35.1 Å². The minimum atomic E-state index is 0.650. The van der Waals surface area contributed by atoms with Gasteiger partial charge in [-0.15, -0.1) is 0 Å². The number of aromatic nitrogens is 2.